The molecule has 1 aromatic heterocycles. The van der Waals surface area contributed by atoms with Gasteiger partial charge in [-0.25, -0.2) is 0 Å². The van der Waals surface area contributed by atoms with Crippen molar-refractivity contribution in [1.82, 2.24) is 15.5 Å². The van der Waals surface area contributed by atoms with Gasteiger partial charge in [0.2, 0.25) is 11.7 Å². The summed E-state index contributed by atoms with van der Waals surface area (Å²) in [5.74, 6) is 1.49. The van der Waals surface area contributed by atoms with Crippen molar-refractivity contribution in [3.8, 4) is 11.4 Å². The van der Waals surface area contributed by atoms with Gasteiger partial charge >= 0.3 is 0 Å². The molecule has 0 fully saturated rings. The predicted octanol–water partition coefficient (Wildman–Crippen LogP) is 2.25. The minimum absolute atomic E-state index is 0.258. The number of aliphatic imine (C=N–C) groups is 1. The molecule has 0 atom stereocenters. The number of hydrogen-bond acceptors (Lipinski definition) is 4. The van der Waals surface area contributed by atoms with Crippen LogP contribution in [0.4, 0.5) is 0 Å². The van der Waals surface area contributed by atoms with Gasteiger partial charge in [0.05, 0.1) is 6.54 Å². The second kappa shape index (κ2) is 7.08. The first-order chi connectivity index (χ1) is 10.0. The molecule has 0 spiro atoms. The SMILES string of the molecule is CC(C)NC(N)=NCCc1nc(-c2ccc(Cl)cc2)no1. The molecule has 1 heterocycles. The quantitative estimate of drug-likeness (QED) is 0.653. The van der Waals surface area contributed by atoms with Crippen molar-refractivity contribution in [2.75, 3.05) is 6.54 Å². The van der Waals surface area contributed by atoms with E-state index in [9.17, 15) is 0 Å². The number of nitrogens with zero attached hydrogens (tertiary/aromatic N) is 3. The molecule has 2 rings (SSSR count). The number of guanidine groups is 1. The van der Waals surface area contributed by atoms with E-state index in [2.05, 4.69) is 20.4 Å². The van der Waals surface area contributed by atoms with E-state index in [-0.39, 0.29) is 6.04 Å². The van der Waals surface area contributed by atoms with Gasteiger partial charge in [-0.3, -0.25) is 4.99 Å². The summed E-state index contributed by atoms with van der Waals surface area (Å²) >= 11 is 5.84. The summed E-state index contributed by atoms with van der Waals surface area (Å²) in [6.45, 7) is 4.49. The Balaban J connectivity index is 1.93. The van der Waals surface area contributed by atoms with Crippen LogP contribution in [0.25, 0.3) is 11.4 Å². The van der Waals surface area contributed by atoms with E-state index in [1.54, 1.807) is 12.1 Å². The predicted molar refractivity (Wildman–Crippen MR) is 83.2 cm³/mol. The third-order valence-corrected chi connectivity index (χ3v) is 2.87. The lowest BCUT2D eigenvalue weighted by atomic mass is 10.2. The van der Waals surface area contributed by atoms with Gasteiger partial charge in [-0.2, -0.15) is 4.98 Å². The molecule has 0 radical (unpaired) electrons. The van der Waals surface area contributed by atoms with Gasteiger partial charge in [0.25, 0.3) is 0 Å². The number of hydrogen-bond donors (Lipinski definition) is 2. The minimum Gasteiger partial charge on any atom is -0.370 e. The molecular formula is C14H18ClN5O. The zero-order valence-electron chi connectivity index (χ0n) is 12.0. The number of rotatable bonds is 5. The van der Waals surface area contributed by atoms with E-state index in [1.807, 2.05) is 26.0 Å². The highest BCUT2D eigenvalue weighted by atomic mass is 35.5. The Morgan fingerprint density at radius 2 is 2.10 bits per heavy atom. The first-order valence-electron chi connectivity index (χ1n) is 6.69. The van der Waals surface area contributed by atoms with Crippen molar-refractivity contribution < 1.29 is 4.52 Å². The van der Waals surface area contributed by atoms with E-state index >= 15 is 0 Å². The highest BCUT2D eigenvalue weighted by molar-refractivity contribution is 6.30. The van der Waals surface area contributed by atoms with E-state index in [1.165, 1.54) is 0 Å². The lowest BCUT2D eigenvalue weighted by Crippen LogP contribution is -2.36. The zero-order valence-corrected chi connectivity index (χ0v) is 12.8. The van der Waals surface area contributed by atoms with E-state index in [4.69, 9.17) is 21.9 Å². The lowest BCUT2D eigenvalue weighted by molar-refractivity contribution is 0.380. The Labute approximate surface area is 128 Å². The molecule has 0 amide bonds. The Morgan fingerprint density at radius 1 is 1.38 bits per heavy atom. The summed E-state index contributed by atoms with van der Waals surface area (Å²) in [6.07, 6.45) is 0.543. The molecule has 0 bridgehead atoms. The molecule has 0 aliphatic carbocycles. The Hall–Kier alpha value is -2.08. The highest BCUT2D eigenvalue weighted by Gasteiger charge is 2.08. The molecule has 0 unspecified atom stereocenters. The molecule has 6 nitrogen and oxygen atoms in total. The van der Waals surface area contributed by atoms with Crippen LogP contribution >= 0.6 is 11.6 Å². The fourth-order valence-electron chi connectivity index (χ4n) is 1.69. The molecule has 0 aliphatic heterocycles. The third kappa shape index (κ3) is 4.75. The molecule has 112 valence electrons. The van der Waals surface area contributed by atoms with Gasteiger partial charge in [-0.15, -0.1) is 0 Å². The van der Waals surface area contributed by atoms with Crippen molar-refractivity contribution >= 4 is 17.6 Å². The van der Waals surface area contributed by atoms with Crippen molar-refractivity contribution in [2.45, 2.75) is 26.3 Å². The second-order valence-electron chi connectivity index (χ2n) is 4.83. The van der Waals surface area contributed by atoms with Crippen molar-refractivity contribution in [3.63, 3.8) is 0 Å². The topological polar surface area (TPSA) is 89.3 Å². The van der Waals surface area contributed by atoms with Crippen LogP contribution in [0.5, 0.6) is 0 Å². The molecule has 3 N–H and O–H groups in total. The smallest absolute Gasteiger partial charge is 0.228 e. The van der Waals surface area contributed by atoms with E-state index in [0.29, 0.717) is 35.7 Å². The summed E-state index contributed by atoms with van der Waals surface area (Å²) in [6, 6.07) is 7.53. The number of halogens is 1. The normalized spacial score (nSPS) is 11.9. The fourth-order valence-corrected chi connectivity index (χ4v) is 1.81. The first kappa shape index (κ1) is 15.3. The van der Waals surface area contributed by atoms with Crippen LogP contribution in [0, 0.1) is 0 Å². The van der Waals surface area contributed by atoms with Gasteiger partial charge in [-0.05, 0) is 38.1 Å². The van der Waals surface area contributed by atoms with Gasteiger partial charge < -0.3 is 15.6 Å². The molecule has 0 saturated heterocycles. The Bertz CT molecular complexity index is 606. The molecule has 7 heteroatoms. The van der Waals surface area contributed by atoms with Gasteiger partial charge in [0.1, 0.15) is 0 Å². The molecule has 1 aromatic carbocycles. The zero-order chi connectivity index (χ0) is 15.2. The van der Waals surface area contributed by atoms with Gasteiger partial charge in [-0.1, -0.05) is 16.8 Å². The fraction of sp³-hybridized carbons (Fsp3) is 0.357. The molecular weight excluding hydrogens is 290 g/mol. The van der Waals surface area contributed by atoms with Crippen LogP contribution in [-0.4, -0.2) is 28.7 Å². The maximum atomic E-state index is 5.84. The highest BCUT2D eigenvalue weighted by Crippen LogP contribution is 2.18. The summed E-state index contributed by atoms with van der Waals surface area (Å²) in [7, 11) is 0. The number of nitrogens with one attached hydrogen (secondary N) is 1. The maximum Gasteiger partial charge on any atom is 0.228 e. The summed E-state index contributed by atoms with van der Waals surface area (Å²) in [5, 5.41) is 7.62. The van der Waals surface area contributed by atoms with Crippen LogP contribution in [0.15, 0.2) is 33.8 Å². The third-order valence-electron chi connectivity index (χ3n) is 2.61. The number of benzene rings is 1. The second-order valence-corrected chi connectivity index (χ2v) is 5.27. The lowest BCUT2D eigenvalue weighted by Gasteiger charge is -2.07. The average Bonchev–Trinajstić information content (AvgIpc) is 2.87. The number of aromatic nitrogens is 2. The Kier molecular flexibility index (Phi) is 5.16. The van der Waals surface area contributed by atoms with Gasteiger partial charge in [0.15, 0.2) is 5.96 Å². The molecule has 0 aliphatic rings. The van der Waals surface area contributed by atoms with Crippen LogP contribution in [0.2, 0.25) is 5.02 Å². The summed E-state index contributed by atoms with van der Waals surface area (Å²) < 4.78 is 5.19. The Morgan fingerprint density at radius 3 is 2.76 bits per heavy atom. The first-order valence-corrected chi connectivity index (χ1v) is 7.07. The minimum atomic E-state index is 0.258. The van der Waals surface area contributed by atoms with Gasteiger partial charge in [0, 0.05) is 23.0 Å². The van der Waals surface area contributed by atoms with Crippen LogP contribution < -0.4 is 11.1 Å². The average molecular weight is 308 g/mol. The maximum absolute atomic E-state index is 5.84. The molecule has 21 heavy (non-hydrogen) atoms. The van der Waals surface area contributed by atoms with Crippen molar-refractivity contribution in [2.24, 2.45) is 10.7 Å². The monoisotopic (exact) mass is 307 g/mol. The van der Waals surface area contributed by atoms with Crippen LogP contribution in [0.1, 0.15) is 19.7 Å². The largest absolute Gasteiger partial charge is 0.370 e. The van der Waals surface area contributed by atoms with E-state index < -0.39 is 0 Å². The van der Waals surface area contributed by atoms with Crippen LogP contribution in [0.3, 0.4) is 0 Å². The summed E-state index contributed by atoms with van der Waals surface area (Å²) in [4.78, 5) is 8.51. The van der Waals surface area contributed by atoms with E-state index in [0.717, 1.165) is 5.56 Å². The number of nitrogens with two attached hydrogens (primary N) is 1. The summed E-state index contributed by atoms with van der Waals surface area (Å²) in [5.41, 5.74) is 6.57. The van der Waals surface area contributed by atoms with Crippen molar-refractivity contribution in [1.29, 1.82) is 0 Å². The molecule has 2 aromatic rings. The molecule has 0 saturated carbocycles. The van der Waals surface area contributed by atoms with Crippen LogP contribution in [-0.2, 0) is 6.42 Å². The standard InChI is InChI=1S/C14H18ClN5O/c1-9(2)18-14(16)17-8-7-12-19-13(20-21-12)10-3-5-11(15)6-4-10/h3-6,9H,7-8H2,1-2H3,(H3,16,17,18). The van der Waals surface area contributed by atoms with Crippen molar-refractivity contribution in [3.05, 3.63) is 35.2 Å².